The molecule has 2 aliphatic rings. The average molecular weight is 292 g/mol. The smallest absolute Gasteiger partial charge is 0.237 e. The standard InChI is InChI=1S/C8H17NO2S.C5H11NO/c1-3-5-8-7-11-12(10)9(8)6-4-2;1-6-2-4-7-5-3-6/h8H,3-7H2,1-2H3;2-5H2,1H3/t8?,12-;/m0./s1. The molecule has 0 aromatic carbocycles. The first-order chi connectivity index (χ1) is 9.19. The number of rotatable bonds is 4. The van der Waals surface area contributed by atoms with E-state index in [1.165, 1.54) is 0 Å². The fourth-order valence-corrected chi connectivity index (χ4v) is 3.25. The molecule has 2 atom stereocenters. The molecule has 6 heteroatoms. The van der Waals surface area contributed by atoms with E-state index in [0.717, 1.165) is 52.1 Å². The number of likely N-dealkylation sites (N-methyl/N-ethyl adjacent to an activating group) is 1. The SMILES string of the molecule is CCCC1CO[S@](=O)N1CCC.CN1CCOCC1. The maximum atomic E-state index is 11.3. The van der Waals surface area contributed by atoms with Crippen molar-refractivity contribution < 1.29 is 13.1 Å². The summed E-state index contributed by atoms with van der Waals surface area (Å²) in [5, 5.41) is 0. The van der Waals surface area contributed by atoms with Crippen LogP contribution in [-0.2, 0) is 20.2 Å². The number of hydrogen-bond acceptors (Lipinski definition) is 4. The Bertz CT molecular complexity index is 260. The number of nitrogens with zero attached hydrogens (tertiary/aromatic N) is 2. The Kier molecular flexibility index (Phi) is 8.81. The Labute approximate surface area is 120 Å². The molecular formula is C13H28N2O3S. The molecule has 2 heterocycles. The molecule has 0 saturated carbocycles. The normalized spacial score (nSPS) is 29.0. The molecule has 0 spiro atoms. The van der Waals surface area contributed by atoms with Gasteiger partial charge in [0, 0.05) is 25.7 Å². The molecular weight excluding hydrogens is 264 g/mol. The van der Waals surface area contributed by atoms with Gasteiger partial charge >= 0.3 is 0 Å². The van der Waals surface area contributed by atoms with Crippen molar-refractivity contribution in [3.05, 3.63) is 0 Å². The van der Waals surface area contributed by atoms with Crippen molar-refractivity contribution >= 4 is 11.3 Å². The van der Waals surface area contributed by atoms with Crippen LogP contribution >= 0.6 is 0 Å². The van der Waals surface area contributed by atoms with Gasteiger partial charge in [0.05, 0.1) is 19.8 Å². The Hall–Kier alpha value is -0.0100. The zero-order valence-corrected chi connectivity index (χ0v) is 13.3. The Morgan fingerprint density at radius 3 is 2.37 bits per heavy atom. The van der Waals surface area contributed by atoms with Gasteiger partial charge in [0.25, 0.3) is 0 Å². The van der Waals surface area contributed by atoms with Crippen molar-refractivity contribution in [2.45, 2.75) is 39.2 Å². The molecule has 114 valence electrons. The van der Waals surface area contributed by atoms with Crippen LogP contribution in [0.2, 0.25) is 0 Å². The summed E-state index contributed by atoms with van der Waals surface area (Å²) in [6.45, 7) is 9.79. The molecule has 5 nitrogen and oxygen atoms in total. The summed E-state index contributed by atoms with van der Waals surface area (Å²) in [6, 6.07) is 0.385. The molecule has 1 unspecified atom stereocenters. The fraction of sp³-hybridized carbons (Fsp3) is 1.00. The molecule has 2 rings (SSSR count). The van der Waals surface area contributed by atoms with E-state index in [1.807, 2.05) is 4.31 Å². The second-order valence-electron chi connectivity index (χ2n) is 5.00. The van der Waals surface area contributed by atoms with E-state index in [4.69, 9.17) is 8.92 Å². The van der Waals surface area contributed by atoms with Crippen molar-refractivity contribution in [2.24, 2.45) is 0 Å². The molecule has 0 aromatic heterocycles. The highest BCUT2D eigenvalue weighted by molar-refractivity contribution is 7.78. The number of hydrogen-bond donors (Lipinski definition) is 0. The molecule has 2 aliphatic heterocycles. The summed E-state index contributed by atoms with van der Waals surface area (Å²) < 4.78 is 23.4. The summed E-state index contributed by atoms with van der Waals surface area (Å²) in [5.41, 5.74) is 0. The summed E-state index contributed by atoms with van der Waals surface area (Å²) in [5.74, 6) is 0. The predicted molar refractivity (Wildman–Crippen MR) is 78.1 cm³/mol. The topological polar surface area (TPSA) is 42.0 Å². The van der Waals surface area contributed by atoms with Crippen LogP contribution in [0.3, 0.4) is 0 Å². The van der Waals surface area contributed by atoms with Crippen LogP contribution in [0.25, 0.3) is 0 Å². The van der Waals surface area contributed by atoms with Crippen LogP contribution in [0.15, 0.2) is 0 Å². The Morgan fingerprint density at radius 2 is 1.89 bits per heavy atom. The summed E-state index contributed by atoms with van der Waals surface area (Å²) >= 11 is -1.16. The molecule has 19 heavy (non-hydrogen) atoms. The van der Waals surface area contributed by atoms with Crippen LogP contribution in [-0.4, -0.2) is 66.0 Å². The van der Waals surface area contributed by atoms with Gasteiger partial charge in [0.1, 0.15) is 0 Å². The van der Waals surface area contributed by atoms with E-state index < -0.39 is 11.3 Å². The van der Waals surface area contributed by atoms with Crippen molar-refractivity contribution in [3.8, 4) is 0 Å². The van der Waals surface area contributed by atoms with E-state index in [0.29, 0.717) is 12.6 Å². The van der Waals surface area contributed by atoms with Crippen LogP contribution in [0.4, 0.5) is 0 Å². The van der Waals surface area contributed by atoms with Gasteiger partial charge in [-0.15, -0.1) is 0 Å². The first kappa shape index (κ1) is 17.0. The van der Waals surface area contributed by atoms with Crippen LogP contribution in [0.1, 0.15) is 33.1 Å². The Morgan fingerprint density at radius 1 is 1.21 bits per heavy atom. The van der Waals surface area contributed by atoms with Crippen molar-refractivity contribution in [1.82, 2.24) is 9.21 Å². The number of morpholine rings is 1. The molecule has 2 fully saturated rings. The average Bonchev–Trinajstić information content (AvgIpc) is 2.74. The largest absolute Gasteiger partial charge is 0.379 e. The second kappa shape index (κ2) is 9.83. The second-order valence-corrected chi connectivity index (χ2v) is 6.14. The van der Waals surface area contributed by atoms with Crippen LogP contribution in [0, 0.1) is 0 Å². The van der Waals surface area contributed by atoms with Gasteiger partial charge in [-0.3, -0.25) is 4.18 Å². The van der Waals surface area contributed by atoms with Gasteiger partial charge < -0.3 is 9.64 Å². The first-order valence-electron chi connectivity index (χ1n) is 7.27. The van der Waals surface area contributed by atoms with E-state index in [2.05, 4.69) is 25.8 Å². The first-order valence-corrected chi connectivity index (χ1v) is 8.30. The zero-order chi connectivity index (χ0) is 14.1. The lowest BCUT2D eigenvalue weighted by Crippen LogP contribution is -2.32. The Balaban J connectivity index is 0.000000218. The predicted octanol–water partition coefficient (Wildman–Crippen LogP) is 1.42. The van der Waals surface area contributed by atoms with Crippen molar-refractivity contribution in [1.29, 1.82) is 0 Å². The lowest BCUT2D eigenvalue weighted by atomic mass is 10.2. The van der Waals surface area contributed by atoms with Gasteiger partial charge in [-0.1, -0.05) is 20.3 Å². The summed E-state index contributed by atoms with van der Waals surface area (Å²) in [7, 11) is 2.11. The highest BCUT2D eigenvalue weighted by Gasteiger charge is 2.30. The number of ether oxygens (including phenoxy) is 1. The molecule has 0 bridgehead atoms. The molecule has 0 amide bonds. The zero-order valence-electron chi connectivity index (χ0n) is 12.5. The van der Waals surface area contributed by atoms with Gasteiger partial charge in [-0.05, 0) is 19.9 Å². The minimum Gasteiger partial charge on any atom is -0.379 e. The lowest BCUT2D eigenvalue weighted by Gasteiger charge is -2.21. The minimum atomic E-state index is -1.16. The van der Waals surface area contributed by atoms with Crippen molar-refractivity contribution in [2.75, 3.05) is 46.5 Å². The summed E-state index contributed by atoms with van der Waals surface area (Å²) in [4.78, 5) is 2.27. The maximum absolute atomic E-state index is 11.3. The molecule has 2 saturated heterocycles. The third-order valence-electron chi connectivity index (χ3n) is 3.26. The molecule has 0 radical (unpaired) electrons. The fourth-order valence-electron chi connectivity index (χ4n) is 2.10. The van der Waals surface area contributed by atoms with Gasteiger partial charge in [-0.2, -0.15) is 4.31 Å². The van der Waals surface area contributed by atoms with Crippen LogP contribution in [0.5, 0.6) is 0 Å². The van der Waals surface area contributed by atoms with E-state index in [-0.39, 0.29) is 0 Å². The van der Waals surface area contributed by atoms with Gasteiger partial charge in [-0.25, -0.2) is 4.21 Å². The highest BCUT2D eigenvalue weighted by Crippen LogP contribution is 2.18. The van der Waals surface area contributed by atoms with E-state index >= 15 is 0 Å². The highest BCUT2D eigenvalue weighted by atomic mass is 32.2. The molecule has 0 aliphatic carbocycles. The van der Waals surface area contributed by atoms with E-state index in [1.54, 1.807) is 0 Å². The van der Waals surface area contributed by atoms with Crippen molar-refractivity contribution in [3.63, 3.8) is 0 Å². The maximum Gasteiger partial charge on any atom is 0.237 e. The minimum absolute atomic E-state index is 0.385. The monoisotopic (exact) mass is 292 g/mol. The molecule has 0 aromatic rings. The van der Waals surface area contributed by atoms with E-state index in [9.17, 15) is 4.21 Å². The third-order valence-corrected chi connectivity index (χ3v) is 4.46. The van der Waals surface area contributed by atoms with Gasteiger partial charge in [0.15, 0.2) is 0 Å². The van der Waals surface area contributed by atoms with Crippen LogP contribution < -0.4 is 0 Å². The quantitative estimate of drug-likeness (QED) is 0.786. The third kappa shape index (κ3) is 6.31. The molecule has 0 N–H and O–H groups in total. The summed E-state index contributed by atoms with van der Waals surface area (Å²) in [6.07, 6.45) is 3.26. The van der Waals surface area contributed by atoms with Gasteiger partial charge in [0.2, 0.25) is 11.3 Å². The lowest BCUT2D eigenvalue weighted by molar-refractivity contribution is 0.0503.